The highest BCUT2D eigenvalue weighted by Crippen LogP contribution is 2.22. The lowest BCUT2D eigenvalue weighted by Crippen LogP contribution is -2.32. The first-order valence-electron chi connectivity index (χ1n) is 6.92. The van der Waals surface area contributed by atoms with Gasteiger partial charge in [0.05, 0.1) is 0 Å². The van der Waals surface area contributed by atoms with Gasteiger partial charge in [-0.05, 0) is 31.6 Å². The zero-order chi connectivity index (χ0) is 14.6. The molecule has 0 unspecified atom stereocenters. The second-order valence-corrected chi connectivity index (χ2v) is 6.49. The van der Waals surface area contributed by atoms with Crippen LogP contribution in [0.5, 0.6) is 0 Å². The molecule has 5 nitrogen and oxygen atoms in total. The maximum atomic E-state index is 8.66. The fourth-order valence-electron chi connectivity index (χ4n) is 1.62. The maximum absolute atomic E-state index is 8.66. The molecule has 19 heavy (non-hydrogen) atoms. The number of amidine groups is 1. The molecule has 0 radical (unpaired) electrons. The monoisotopic (exact) mass is 291 g/mol. The van der Waals surface area contributed by atoms with Crippen LogP contribution < -0.4 is 11.1 Å². The molecule has 0 aromatic carbocycles. The molecule has 0 amide bonds. The topological polar surface area (TPSA) is 90.9 Å². The van der Waals surface area contributed by atoms with Gasteiger partial charge in [0.1, 0.15) is 5.84 Å². The lowest BCUT2D eigenvalue weighted by Gasteiger charge is -2.22. The molecule has 0 aliphatic carbocycles. The second-order valence-electron chi connectivity index (χ2n) is 5.27. The number of nitrogens with zero attached hydrogens (tertiary/aromatic N) is 1. The van der Waals surface area contributed by atoms with Gasteiger partial charge in [-0.1, -0.05) is 25.4 Å². The van der Waals surface area contributed by atoms with Gasteiger partial charge in [0.2, 0.25) is 0 Å². The van der Waals surface area contributed by atoms with Gasteiger partial charge in [0.25, 0.3) is 0 Å². The van der Waals surface area contributed by atoms with Crippen molar-refractivity contribution < 1.29 is 10.3 Å². The molecule has 0 spiro atoms. The molecule has 0 heterocycles. The molecule has 0 aliphatic rings. The summed E-state index contributed by atoms with van der Waals surface area (Å²) < 4.78 is 0. The minimum absolute atomic E-state index is 0.227. The van der Waals surface area contributed by atoms with E-state index in [1.165, 1.54) is 0 Å². The van der Waals surface area contributed by atoms with Crippen LogP contribution in [0.2, 0.25) is 0 Å². The summed E-state index contributed by atoms with van der Waals surface area (Å²) in [6.45, 7) is 6.30. The Kier molecular flexibility index (Phi) is 11.1. The van der Waals surface area contributed by atoms with Crippen LogP contribution in [-0.4, -0.2) is 47.4 Å². The minimum Gasteiger partial charge on any atom is -0.409 e. The van der Waals surface area contributed by atoms with Gasteiger partial charge in [-0.3, -0.25) is 0 Å². The van der Waals surface area contributed by atoms with Crippen LogP contribution in [0.3, 0.4) is 0 Å². The Morgan fingerprint density at radius 3 is 2.58 bits per heavy atom. The van der Waals surface area contributed by atoms with Crippen molar-refractivity contribution in [1.82, 2.24) is 5.32 Å². The minimum atomic E-state index is -0.227. The maximum Gasteiger partial charge on any atom is 0.144 e. The van der Waals surface area contributed by atoms with Crippen molar-refractivity contribution in [3.8, 4) is 0 Å². The van der Waals surface area contributed by atoms with Gasteiger partial charge in [0.15, 0.2) is 0 Å². The molecule has 0 saturated heterocycles. The number of thioether (sulfide) groups is 1. The second kappa shape index (κ2) is 11.4. The molecular weight excluding hydrogens is 262 g/mol. The predicted octanol–water partition coefficient (Wildman–Crippen LogP) is 1.63. The predicted molar refractivity (Wildman–Crippen MR) is 82.9 cm³/mol. The molecule has 0 atom stereocenters. The van der Waals surface area contributed by atoms with Crippen LogP contribution in [0.15, 0.2) is 5.16 Å². The van der Waals surface area contributed by atoms with E-state index in [0.29, 0.717) is 5.84 Å². The average molecular weight is 291 g/mol. The number of aliphatic hydroxyl groups is 1. The summed E-state index contributed by atoms with van der Waals surface area (Å²) in [6.07, 6.45) is 3.97. The zero-order valence-corrected chi connectivity index (χ0v) is 13.0. The summed E-state index contributed by atoms with van der Waals surface area (Å²) in [7, 11) is 0. The third kappa shape index (κ3) is 10.0. The SMILES string of the molecule is CC(C)(CCCCNCCSCCCO)C(N)=NO. The quantitative estimate of drug-likeness (QED) is 0.144. The standard InChI is InChI=1S/C13H29N3O2S/c1-13(2,12(14)16-18)6-3-4-7-15-8-11-19-10-5-9-17/h15,17-18H,3-11H2,1-2H3,(H2,14,16). The lowest BCUT2D eigenvalue weighted by atomic mass is 9.86. The molecule has 0 bridgehead atoms. The summed E-state index contributed by atoms with van der Waals surface area (Å²) in [5.41, 5.74) is 5.41. The summed E-state index contributed by atoms with van der Waals surface area (Å²) >= 11 is 1.87. The van der Waals surface area contributed by atoms with Crippen molar-refractivity contribution in [2.24, 2.45) is 16.3 Å². The zero-order valence-electron chi connectivity index (χ0n) is 12.2. The fourth-order valence-corrected chi connectivity index (χ4v) is 2.44. The van der Waals surface area contributed by atoms with E-state index in [1.54, 1.807) is 0 Å². The molecule has 0 saturated carbocycles. The molecule has 0 aromatic rings. The van der Waals surface area contributed by atoms with Crippen molar-refractivity contribution in [1.29, 1.82) is 0 Å². The Balaban J connectivity index is 3.36. The van der Waals surface area contributed by atoms with Gasteiger partial charge in [-0.25, -0.2) is 0 Å². The smallest absolute Gasteiger partial charge is 0.144 e. The van der Waals surface area contributed by atoms with E-state index < -0.39 is 0 Å². The summed E-state index contributed by atoms with van der Waals surface area (Å²) in [6, 6.07) is 0. The summed E-state index contributed by atoms with van der Waals surface area (Å²) in [4.78, 5) is 0. The number of hydrogen-bond donors (Lipinski definition) is 4. The molecule has 5 N–H and O–H groups in total. The van der Waals surface area contributed by atoms with Crippen LogP contribution in [0.4, 0.5) is 0 Å². The fraction of sp³-hybridized carbons (Fsp3) is 0.923. The van der Waals surface area contributed by atoms with Gasteiger partial charge in [0, 0.05) is 24.3 Å². The molecule has 6 heteroatoms. The Labute approximate surface area is 121 Å². The summed E-state index contributed by atoms with van der Waals surface area (Å²) in [5.74, 6) is 2.43. The number of oxime groups is 1. The third-order valence-electron chi connectivity index (χ3n) is 3.08. The van der Waals surface area contributed by atoms with E-state index in [1.807, 2.05) is 25.6 Å². The van der Waals surface area contributed by atoms with Crippen molar-refractivity contribution in [2.45, 2.75) is 39.5 Å². The van der Waals surface area contributed by atoms with Crippen molar-refractivity contribution in [2.75, 3.05) is 31.2 Å². The largest absolute Gasteiger partial charge is 0.409 e. The molecule has 114 valence electrons. The lowest BCUT2D eigenvalue weighted by molar-refractivity contribution is 0.296. The van der Waals surface area contributed by atoms with E-state index in [9.17, 15) is 0 Å². The van der Waals surface area contributed by atoms with E-state index >= 15 is 0 Å². The van der Waals surface area contributed by atoms with Crippen LogP contribution in [0.1, 0.15) is 39.5 Å². The molecule has 0 aliphatic heterocycles. The average Bonchev–Trinajstić information content (AvgIpc) is 2.39. The Hall–Kier alpha value is -0.460. The first kappa shape index (κ1) is 18.5. The Morgan fingerprint density at radius 2 is 1.95 bits per heavy atom. The number of nitrogens with two attached hydrogens (primary N) is 1. The van der Waals surface area contributed by atoms with Gasteiger partial charge >= 0.3 is 0 Å². The molecule has 0 fully saturated rings. The third-order valence-corrected chi connectivity index (χ3v) is 4.15. The van der Waals surface area contributed by atoms with Crippen molar-refractivity contribution in [3.05, 3.63) is 0 Å². The number of nitrogens with one attached hydrogen (secondary N) is 1. The van der Waals surface area contributed by atoms with Crippen molar-refractivity contribution >= 4 is 17.6 Å². The highest BCUT2D eigenvalue weighted by atomic mass is 32.2. The normalized spacial score (nSPS) is 12.9. The van der Waals surface area contributed by atoms with Crippen LogP contribution in [-0.2, 0) is 0 Å². The number of aliphatic hydroxyl groups excluding tert-OH is 1. The first-order valence-corrected chi connectivity index (χ1v) is 8.07. The molecule has 0 aromatic heterocycles. The van der Waals surface area contributed by atoms with Crippen molar-refractivity contribution in [3.63, 3.8) is 0 Å². The Bertz CT molecular complexity index is 248. The van der Waals surface area contributed by atoms with Gasteiger partial charge in [-0.2, -0.15) is 11.8 Å². The van der Waals surface area contributed by atoms with Gasteiger partial charge < -0.3 is 21.4 Å². The summed E-state index contributed by atoms with van der Waals surface area (Å²) in [5, 5.41) is 23.8. The number of rotatable bonds is 12. The molecular formula is C13H29N3O2S. The van der Waals surface area contributed by atoms with Crippen LogP contribution >= 0.6 is 11.8 Å². The number of unbranched alkanes of at least 4 members (excludes halogenated alkanes) is 1. The Morgan fingerprint density at radius 1 is 1.21 bits per heavy atom. The van der Waals surface area contributed by atoms with Crippen LogP contribution in [0, 0.1) is 5.41 Å². The van der Waals surface area contributed by atoms with E-state index in [-0.39, 0.29) is 12.0 Å². The van der Waals surface area contributed by atoms with E-state index in [4.69, 9.17) is 16.0 Å². The van der Waals surface area contributed by atoms with E-state index in [0.717, 1.165) is 50.3 Å². The molecule has 0 rings (SSSR count). The highest BCUT2D eigenvalue weighted by molar-refractivity contribution is 7.99. The first-order chi connectivity index (χ1) is 9.04. The van der Waals surface area contributed by atoms with Crippen LogP contribution in [0.25, 0.3) is 0 Å². The van der Waals surface area contributed by atoms with Gasteiger partial charge in [-0.15, -0.1) is 0 Å². The van der Waals surface area contributed by atoms with E-state index in [2.05, 4.69) is 10.5 Å². The number of hydrogen-bond acceptors (Lipinski definition) is 5. The highest BCUT2D eigenvalue weighted by Gasteiger charge is 2.22.